The average molecular weight is 667 g/mol. The van der Waals surface area contributed by atoms with E-state index >= 15 is 0 Å². The molecule has 1 rings (SSSR count). The topological polar surface area (TPSA) is 160 Å². The van der Waals surface area contributed by atoms with Gasteiger partial charge in [-0.1, -0.05) is 89.5 Å². The first-order chi connectivity index (χ1) is 21.7. The molecule has 0 spiro atoms. The normalized spacial score (nSPS) is 27.0. The molecule has 0 aliphatic carbocycles. The van der Waals surface area contributed by atoms with Crippen LogP contribution in [0, 0.1) is 35.5 Å². The van der Waals surface area contributed by atoms with Crippen molar-refractivity contribution in [2.75, 3.05) is 7.05 Å². The van der Waals surface area contributed by atoms with Crippen LogP contribution in [0.15, 0.2) is 0 Å². The molecule has 1 aliphatic rings. The van der Waals surface area contributed by atoms with Crippen LogP contribution in [0.1, 0.15) is 109 Å². The molecule has 0 bridgehead atoms. The predicted octanol–water partition coefficient (Wildman–Crippen LogP) is 3.60. The van der Waals surface area contributed by atoms with Gasteiger partial charge in [-0.2, -0.15) is 0 Å². The van der Waals surface area contributed by atoms with E-state index in [1.54, 1.807) is 34.6 Å². The molecule has 0 aromatic carbocycles. The summed E-state index contributed by atoms with van der Waals surface area (Å²) in [5.41, 5.74) is 0. The van der Waals surface area contributed by atoms with Gasteiger partial charge >= 0.3 is 11.9 Å². The van der Waals surface area contributed by atoms with Crippen molar-refractivity contribution in [3.05, 3.63) is 0 Å². The molecule has 2 unspecified atom stereocenters. The molecule has 12 nitrogen and oxygen atoms in total. The maximum absolute atomic E-state index is 14.0. The Balaban J connectivity index is 3.84. The zero-order valence-corrected chi connectivity index (χ0v) is 31.0. The van der Waals surface area contributed by atoms with Crippen molar-refractivity contribution in [1.29, 1.82) is 0 Å². The van der Waals surface area contributed by atoms with Gasteiger partial charge in [0.15, 0.2) is 12.2 Å². The Morgan fingerprint density at radius 2 is 1.15 bits per heavy atom. The third kappa shape index (κ3) is 12.7. The second-order valence-electron chi connectivity index (χ2n) is 15.0. The number of likely N-dealkylation sites (N-methyl/N-ethyl adjacent to an activating group) is 1. The summed E-state index contributed by atoms with van der Waals surface area (Å²) in [5, 5.41) is 8.33. The summed E-state index contributed by atoms with van der Waals surface area (Å²) >= 11 is 0. The standard InChI is InChI=1S/C35H62N4O8/c1-14-23(12)28-31(41)36-24(15-18(2)3)34(44)46-26(17-20(6)7)30(40)37-27(21(8)9)33(43)39(13)25(16-19(4)5)35(45)47-29(22(10)11)32(42)38-28/h18-29H,14-17H2,1-13H3,(H,36,41)(H,37,40)(H,38,42)/t23-,24+,25-,26?,27-,28+,29?/m0/s1. The van der Waals surface area contributed by atoms with Gasteiger partial charge in [0.05, 0.1) is 0 Å². The number of carbonyl (C=O) groups excluding carboxylic acids is 6. The lowest BCUT2D eigenvalue weighted by molar-refractivity contribution is -0.167. The molecule has 1 heterocycles. The van der Waals surface area contributed by atoms with Crippen LogP contribution in [0.4, 0.5) is 0 Å². The quantitative estimate of drug-likeness (QED) is 0.298. The maximum Gasteiger partial charge on any atom is 0.329 e. The van der Waals surface area contributed by atoms with Gasteiger partial charge in [0, 0.05) is 7.05 Å². The summed E-state index contributed by atoms with van der Waals surface area (Å²) < 4.78 is 11.6. The van der Waals surface area contributed by atoms with Crippen molar-refractivity contribution < 1.29 is 38.2 Å². The van der Waals surface area contributed by atoms with Gasteiger partial charge in [0.1, 0.15) is 24.2 Å². The molecule has 0 radical (unpaired) electrons. The van der Waals surface area contributed by atoms with E-state index in [9.17, 15) is 28.8 Å². The van der Waals surface area contributed by atoms with Gasteiger partial charge in [0.2, 0.25) is 11.8 Å². The Kier molecular flexibility index (Phi) is 16.9. The number of esters is 2. The Labute approximate surface area is 282 Å². The first-order valence-electron chi connectivity index (χ1n) is 17.3. The van der Waals surface area contributed by atoms with Crippen LogP contribution < -0.4 is 16.0 Å². The molecule has 12 heteroatoms. The van der Waals surface area contributed by atoms with Crippen molar-refractivity contribution in [2.45, 2.75) is 145 Å². The van der Waals surface area contributed by atoms with Crippen molar-refractivity contribution in [3.8, 4) is 0 Å². The highest BCUT2D eigenvalue weighted by Gasteiger charge is 2.40. The molecular formula is C35H62N4O8. The first kappa shape index (κ1) is 41.8. The number of nitrogens with zero attached hydrogens (tertiary/aromatic N) is 1. The summed E-state index contributed by atoms with van der Waals surface area (Å²) in [4.78, 5) is 83.8. The largest absolute Gasteiger partial charge is 0.451 e. The number of nitrogens with one attached hydrogen (secondary N) is 3. The number of cyclic esters (lactones) is 2. The van der Waals surface area contributed by atoms with Crippen molar-refractivity contribution >= 4 is 35.6 Å². The van der Waals surface area contributed by atoms with Gasteiger partial charge < -0.3 is 30.3 Å². The van der Waals surface area contributed by atoms with Gasteiger partial charge in [-0.05, 0) is 54.8 Å². The van der Waals surface area contributed by atoms with Crippen molar-refractivity contribution in [1.82, 2.24) is 20.9 Å². The van der Waals surface area contributed by atoms with E-state index in [1.807, 2.05) is 48.5 Å². The third-order valence-corrected chi connectivity index (χ3v) is 8.46. The lowest BCUT2D eigenvalue weighted by Gasteiger charge is -2.35. The van der Waals surface area contributed by atoms with E-state index in [-0.39, 0.29) is 48.9 Å². The van der Waals surface area contributed by atoms with Gasteiger partial charge in [-0.25, -0.2) is 9.59 Å². The van der Waals surface area contributed by atoms with Gasteiger partial charge in [-0.15, -0.1) is 0 Å². The Morgan fingerprint density at radius 3 is 1.62 bits per heavy atom. The molecule has 1 aliphatic heterocycles. The second kappa shape index (κ2) is 19.0. The highest BCUT2D eigenvalue weighted by Crippen LogP contribution is 2.21. The third-order valence-electron chi connectivity index (χ3n) is 8.46. The van der Waals surface area contributed by atoms with Crippen molar-refractivity contribution in [2.24, 2.45) is 35.5 Å². The zero-order valence-electron chi connectivity index (χ0n) is 31.0. The summed E-state index contributed by atoms with van der Waals surface area (Å²) in [6.07, 6.45) is -1.31. The smallest absolute Gasteiger partial charge is 0.329 e. The lowest BCUT2D eigenvalue weighted by Crippen LogP contribution is -2.59. The van der Waals surface area contributed by atoms with Crippen LogP contribution in [0.2, 0.25) is 0 Å². The van der Waals surface area contributed by atoms with Crippen LogP contribution in [-0.4, -0.2) is 83.9 Å². The first-order valence-corrected chi connectivity index (χ1v) is 17.3. The summed E-state index contributed by atoms with van der Waals surface area (Å²) in [6.45, 7) is 22.0. The molecule has 4 amide bonds. The van der Waals surface area contributed by atoms with Crippen LogP contribution in [-0.2, 0) is 38.2 Å². The fourth-order valence-corrected chi connectivity index (χ4v) is 5.43. The summed E-state index contributed by atoms with van der Waals surface area (Å²) in [7, 11) is 1.48. The van der Waals surface area contributed by atoms with Gasteiger partial charge in [0.25, 0.3) is 11.8 Å². The van der Waals surface area contributed by atoms with Crippen LogP contribution >= 0.6 is 0 Å². The lowest BCUT2D eigenvalue weighted by atomic mass is 9.95. The minimum atomic E-state index is -1.26. The van der Waals surface area contributed by atoms with E-state index in [4.69, 9.17) is 9.47 Å². The summed E-state index contributed by atoms with van der Waals surface area (Å²) in [5.74, 6) is -5.21. The highest BCUT2D eigenvalue weighted by molar-refractivity contribution is 5.95. The number of hydrogen-bond acceptors (Lipinski definition) is 8. The predicted molar refractivity (Wildman–Crippen MR) is 180 cm³/mol. The average Bonchev–Trinajstić information content (AvgIpc) is 2.96. The molecule has 1 fully saturated rings. The number of amides is 4. The van der Waals surface area contributed by atoms with E-state index in [1.165, 1.54) is 11.9 Å². The SMILES string of the molecule is CC[C@H](C)[C@H]1NC(=O)C(C(C)C)OC(=O)[C@H](CC(C)C)N(C)C(=O)[C@H](C(C)C)NC(=O)C(CC(C)C)OC(=O)[C@@H](CC(C)C)NC1=O. The zero-order chi connectivity index (χ0) is 36.3. The number of carbonyl (C=O) groups is 6. The monoisotopic (exact) mass is 666 g/mol. The molecule has 1 saturated heterocycles. The minimum absolute atomic E-state index is 0.0221. The molecular weight excluding hydrogens is 604 g/mol. The van der Waals surface area contributed by atoms with E-state index in [0.29, 0.717) is 6.42 Å². The van der Waals surface area contributed by atoms with Crippen LogP contribution in [0.25, 0.3) is 0 Å². The molecule has 0 aromatic heterocycles. The molecule has 7 atom stereocenters. The Hall–Kier alpha value is -3.18. The molecule has 47 heavy (non-hydrogen) atoms. The van der Waals surface area contributed by atoms with E-state index in [2.05, 4.69) is 16.0 Å². The fourth-order valence-electron chi connectivity index (χ4n) is 5.43. The minimum Gasteiger partial charge on any atom is -0.451 e. The Bertz CT molecular complexity index is 1090. The number of ether oxygens (including phenoxy) is 2. The van der Waals surface area contributed by atoms with Crippen LogP contribution in [0.5, 0.6) is 0 Å². The molecule has 3 N–H and O–H groups in total. The Morgan fingerprint density at radius 1 is 0.617 bits per heavy atom. The second-order valence-corrected chi connectivity index (χ2v) is 15.0. The van der Waals surface area contributed by atoms with Crippen LogP contribution in [0.3, 0.4) is 0 Å². The van der Waals surface area contributed by atoms with Gasteiger partial charge in [-0.3, -0.25) is 19.2 Å². The summed E-state index contributed by atoms with van der Waals surface area (Å²) in [6, 6.07) is -4.25. The fraction of sp³-hybridized carbons (Fsp3) is 0.829. The van der Waals surface area contributed by atoms with E-state index in [0.717, 1.165) is 0 Å². The number of rotatable bonds is 10. The molecule has 0 saturated carbocycles. The maximum atomic E-state index is 14.0. The molecule has 0 aromatic rings. The van der Waals surface area contributed by atoms with E-state index < -0.39 is 77.9 Å². The van der Waals surface area contributed by atoms with Crippen molar-refractivity contribution in [3.63, 3.8) is 0 Å². The highest BCUT2D eigenvalue weighted by atomic mass is 16.6. The number of hydrogen-bond donors (Lipinski definition) is 3. The molecule has 270 valence electrons.